The molecule has 0 amide bonds. The minimum atomic E-state index is -4.30. The van der Waals surface area contributed by atoms with Gasteiger partial charge in [-0.2, -0.15) is 13.2 Å². The number of nitrogens with one attached hydrogen (secondary N) is 1. The Morgan fingerprint density at radius 2 is 1.89 bits per heavy atom. The summed E-state index contributed by atoms with van der Waals surface area (Å²) in [5, 5.41) is 3.30. The Labute approximate surface area is 103 Å². The summed E-state index contributed by atoms with van der Waals surface area (Å²) >= 11 is 0. The van der Waals surface area contributed by atoms with Crippen molar-refractivity contribution in [3.05, 3.63) is 23.9 Å². The molecule has 0 unspecified atom stereocenters. The number of halogens is 3. The van der Waals surface area contributed by atoms with Crippen LogP contribution >= 0.6 is 0 Å². The van der Waals surface area contributed by atoms with Gasteiger partial charge >= 0.3 is 6.18 Å². The Balaban J connectivity index is 1.81. The van der Waals surface area contributed by atoms with E-state index < -0.39 is 11.7 Å². The molecule has 1 N–H and O–H groups in total. The van der Waals surface area contributed by atoms with Crippen molar-refractivity contribution in [2.24, 2.45) is 11.8 Å². The van der Waals surface area contributed by atoms with Crippen molar-refractivity contribution in [3.8, 4) is 0 Å². The topological polar surface area (TPSA) is 28.2 Å². The monoisotopic (exact) mass is 257 g/mol. The predicted molar refractivity (Wildman–Crippen MR) is 61.3 cm³/mol. The van der Waals surface area contributed by atoms with Crippen molar-refractivity contribution < 1.29 is 13.2 Å². The number of anilines is 1. The molecule has 0 radical (unpaired) electrons. The normalized spacial score (nSPS) is 27.6. The minimum absolute atomic E-state index is 0.444. The Morgan fingerprint density at radius 1 is 1.22 bits per heavy atom. The van der Waals surface area contributed by atoms with Gasteiger partial charge in [0.05, 0.1) is 5.56 Å². The van der Waals surface area contributed by atoms with Crippen molar-refractivity contribution in [3.63, 3.8) is 0 Å². The lowest BCUT2D eigenvalue weighted by Gasteiger charge is -2.19. The van der Waals surface area contributed by atoms with Gasteiger partial charge in [0.1, 0.15) is 5.82 Å². The quantitative estimate of drug-likeness (QED) is 0.831. The van der Waals surface area contributed by atoms with Gasteiger partial charge in [-0.15, -0.1) is 0 Å². The summed E-state index contributed by atoms with van der Waals surface area (Å²) in [6, 6.07) is 2.16. The summed E-state index contributed by atoms with van der Waals surface area (Å²) in [4.78, 5) is 6.03. The van der Waals surface area contributed by atoms with Crippen LogP contribution in [0, 0.1) is 11.8 Å². The third-order valence-electron chi connectivity index (χ3n) is 3.79. The van der Waals surface area contributed by atoms with Crippen LogP contribution in [0.2, 0.25) is 0 Å². The highest BCUT2D eigenvalue weighted by atomic mass is 19.4. The Kier molecular flexibility index (Phi) is 2.69. The molecule has 2 fully saturated rings. The van der Waals surface area contributed by atoms with Crippen LogP contribution < -0.4 is 10.2 Å². The van der Waals surface area contributed by atoms with Gasteiger partial charge in [-0.25, -0.2) is 4.98 Å². The number of hydrogen-bond acceptors (Lipinski definition) is 3. The Bertz CT molecular complexity index is 434. The summed E-state index contributed by atoms with van der Waals surface area (Å²) in [7, 11) is 0. The maximum absolute atomic E-state index is 12.6. The van der Waals surface area contributed by atoms with Crippen molar-refractivity contribution in [1.82, 2.24) is 10.3 Å². The fraction of sp³-hybridized carbons (Fsp3) is 0.583. The average molecular weight is 257 g/mol. The molecule has 2 aliphatic heterocycles. The predicted octanol–water partition coefficient (Wildman–Crippen LogP) is 1.76. The first-order chi connectivity index (χ1) is 8.54. The number of rotatable bonds is 1. The van der Waals surface area contributed by atoms with Crippen LogP contribution in [0.3, 0.4) is 0 Å². The third kappa shape index (κ3) is 2.05. The molecular weight excluding hydrogens is 243 g/mol. The molecule has 0 aromatic carbocycles. The fourth-order valence-electron chi connectivity index (χ4n) is 2.81. The molecule has 3 rings (SSSR count). The lowest BCUT2D eigenvalue weighted by Crippen LogP contribution is -2.26. The second-order valence-electron chi connectivity index (χ2n) is 4.98. The summed E-state index contributed by atoms with van der Waals surface area (Å²) in [6.45, 7) is 3.51. The third-order valence-corrected chi connectivity index (χ3v) is 3.79. The first-order valence-corrected chi connectivity index (χ1v) is 6.03. The van der Waals surface area contributed by atoms with E-state index >= 15 is 0 Å². The van der Waals surface area contributed by atoms with E-state index in [0.29, 0.717) is 17.7 Å². The van der Waals surface area contributed by atoms with E-state index in [1.54, 1.807) is 0 Å². The van der Waals surface area contributed by atoms with Crippen LogP contribution in [0.1, 0.15) is 5.56 Å². The van der Waals surface area contributed by atoms with Crippen molar-refractivity contribution in [2.45, 2.75) is 6.18 Å². The zero-order valence-electron chi connectivity index (χ0n) is 9.74. The molecule has 6 heteroatoms. The van der Waals surface area contributed by atoms with Gasteiger partial charge in [-0.3, -0.25) is 0 Å². The van der Waals surface area contributed by atoms with E-state index in [4.69, 9.17) is 0 Å². The number of hydrogen-bond donors (Lipinski definition) is 1. The van der Waals surface area contributed by atoms with E-state index in [1.807, 2.05) is 4.90 Å². The molecule has 2 aliphatic rings. The van der Waals surface area contributed by atoms with E-state index in [9.17, 15) is 13.2 Å². The number of fused-ring (bicyclic) bond motifs is 1. The lowest BCUT2D eigenvalue weighted by atomic mass is 10.0. The van der Waals surface area contributed by atoms with E-state index in [2.05, 4.69) is 10.3 Å². The maximum atomic E-state index is 12.6. The van der Waals surface area contributed by atoms with Crippen molar-refractivity contribution in [2.75, 3.05) is 31.1 Å². The first kappa shape index (κ1) is 11.8. The van der Waals surface area contributed by atoms with Crippen LogP contribution in [0.15, 0.2) is 18.3 Å². The highest BCUT2D eigenvalue weighted by Gasteiger charge is 2.37. The molecule has 2 saturated heterocycles. The molecule has 0 aliphatic carbocycles. The van der Waals surface area contributed by atoms with Crippen LogP contribution in [-0.2, 0) is 6.18 Å². The summed E-state index contributed by atoms with van der Waals surface area (Å²) in [6.07, 6.45) is -3.06. The summed E-state index contributed by atoms with van der Waals surface area (Å²) in [5.41, 5.74) is -0.623. The molecule has 3 nitrogen and oxygen atoms in total. The zero-order chi connectivity index (χ0) is 12.8. The number of aromatic nitrogens is 1. The van der Waals surface area contributed by atoms with E-state index in [0.717, 1.165) is 38.3 Å². The molecule has 0 spiro atoms. The van der Waals surface area contributed by atoms with Crippen LogP contribution in [0.4, 0.5) is 19.0 Å². The van der Waals surface area contributed by atoms with Gasteiger partial charge in [-0.05, 0) is 24.0 Å². The number of nitrogens with zero attached hydrogens (tertiary/aromatic N) is 2. The smallest absolute Gasteiger partial charge is 0.356 e. The maximum Gasteiger partial charge on any atom is 0.416 e. The molecule has 3 heterocycles. The first-order valence-electron chi connectivity index (χ1n) is 6.03. The molecule has 1 aromatic rings. The Hall–Kier alpha value is -1.30. The van der Waals surface area contributed by atoms with Gasteiger partial charge in [0.15, 0.2) is 0 Å². The van der Waals surface area contributed by atoms with E-state index in [1.165, 1.54) is 6.20 Å². The number of alkyl halides is 3. The molecule has 0 bridgehead atoms. The minimum Gasteiger partial charge on any atom is -0.356 e. The Morgan fingerprint density at radius 3 is 2.50 bits per heavy atom. The molecule has 2 atom stereocenters. The molecular formula is C12H14F3N3. The van der Waals surface area contributed by atoms with Crippen LogP contribution in [0.25, 0.3) is 0 Å². The fourth-order valence-corrected chi connectivity index (χ4v) is 2.81. The van der Waals surface area contributed by atoms with Gasteiger partial charge in [0.2, 0.25) is 0 Å². The average Bonchev–Trinajstić information content (AvgIpc) is 2.88. The van der Waals surface area contributed by atoms with Crippen LogP contribution in [-0.4, -0.2) is 31.2 Å². The summed E-state index contributed by atoms with van der Waals surface area (Å²) in [5.74, 6) is 1.53. The zero-order valence-corrected chi connectivity index (χ0v) is 9.74. The van der Waals surface area contributed by atoms with Gasteiger partial charge in [0.25, 0.3) is 0 Å². The van der Waals surface area contributed by atoms with Gasteiger partial charge in [0, 0.05) is 32.4 Å². The second kappa shape index (κ2) is 4.12. The van der Waals surface area contributed by atoms with Crippen molar-refractivity contribution >= 4 is 5.82 Å². The largest absolute Gasteiger partial charge is 0.416 e. The summed E-state index contributed by atoms with van der Waals surface area (Å²) < 4.78 is 37.9. The van der Waals surface area contributed by atoms with Crippen molar-refractivity contribution in [1.29, 1.82) is 0 Å². The van der Waals surface area contributed by atoms with E-state index in [-0.39, 0.29) is 0 Å². The van der Waals surface area contributed by atoms with Gasteiger partial charge < -0.3 is 10.2 Å². The number of pyridine rings is 1. The molecule has 18 heavy (non-hydrogen) atoms. The second-order valence-corrected chi connectivity index (χ2v) is 4.98. The standard InChI is InChI=1S/C12H14F3N3/c13-12(14,15)10-1-2-17-11(3-10)18-6-8-4-16-5-9(8)7-18/h1-3,8-9,16H,4-7H2/t8-,9+. The molecule has 98 valence electrons. The SMILES string of the molecule is FC(F)(F)c1ccnc(N2C[C@H]3CNC[C@H]3C2)c1. The lowest BCUT2D eigenvalue weighted by molar-refractivity contribution is -0.137. The van der Waals surface area contributed by atoms with Gasteiger partial charge in [-0.1, -0.05) is 0 Å². The molecule has 1 aromatic heterocycles. The van der Waals surface area contributed by atoms with Crippen LogP contribution in [0.5, 0.6) is 0 Å². The molecule has 0 saturated carbocycles. The highest BCUT2D eigenvalue weighted by Crippen LogP contribution is 2.33. The highest BCUT2D eigenvalue weighted by molar-refractivity contribution is 5.43.